The first-order valence-electron chi connectivity index (χ1n) is 5.59. The fourth-order valence-corrected chi connectivity index (χ4v) is 4.10. The number of aliphatic hydroxyl groups is 1. The Morgan fingerprint density at radius 3 is 2.50 bits per heavy atom. The largest absolute Gasteiger partial charge is 0.387 e. The molecule has 1 N–H and O–H groups in total. The van der Waals surface area contributed by atoms with Crippen molar-refractivity contribution >= 4 is 21.6 Å². The third kappa shape index (κ3) is 3.32. The molecule has 0 aromatic carbocycles. The van der Waals surface area contributed by atoms with Crippen molar-refractivity contribution in [2.45, 2.75) is 32.3 Å². The molecule has 16 heavy (non-hydrogen) atoms. The van der Waals surface area contributed by atoms with Crippen molar-refractivity contribution in [1.82, 2.24) is 4.31 Å². The van der Waals surface area contributed by atoms with Crippen LogP contribution in [0.5, 0.6) is 0 Å². The summed E-state index contributed by atoms with van der Waals surface area (Å²) in [6, 6.07) is 0. The van der Waals surface area contributed by atoms with E-state index in [-0.39, 0.29) is 24.8 Å². The van der Waals surface area contributed by atoms with Gasteiger partial charge in [-0.05, 0) is 12.3 Å². The second-order valence-electron chi connectivity index (χ2n) is 4.78. The second kappa shape index (κ2) is 5.21. The van der Waals surface area contributed by atoms with Gasteiger partial charge in [-0.1, -0.05) is 20.3 Å². The molecular weight excluding hydrogens is 250 g/mol. The van der Waals surface area contributed by atoms with Gasteiger partial charge < -0.3 is 5.11 Å². The standard InChI is InChI=1S/C10H20ClNO3S/c1-3-4-10(13)7-12(8-10)16(14,15)6-9(2)5-11/h9,13H,3-8H2,1-2H3. The minimum atomic E-state index is -3.24. The van der Waals surface area contributed by atoms with Crippen LogP contribution in [0.4, 0.5) is 0 Å². The summed E-state index contributed by atoms with van der Waals surface area (Å²) in [4.78, 5) is 0. The molecule has 0 amide bonds. The maximum absolute atomic E-state index is 11.8. The van der Waals surface area contributed by atoms with Gasteiger partial charge in [0.1, 0.15) is 0 Å². The first-order valence-corrected chi connectivity index (χ1v) is 7.73. The zero-order valence-electron chi connectivity index (χ0n) is 9.82. The Morgan fingerprint density at radius 2 is 2.06 bits per heavy atom. The van der Waals surface area contributed by atoms with Crippen LogP contribution in [-0.4, -0.2) is 48.2 Å². The van der Waals surface area contributed by atoms with E-state index in [0.29, 0.717) is 12.3 Å². The quantitative estimate of drug-likeness (QED) is 0.733. The van der Waals surface area contributed by atoms with Crippen LogP contribution in [0.2, 0.25) is 0 Å². The molecule has 0 spiro atoms. The third-order valence-electron chi connectivity index (χ3n) is 2.81. The van der Waals surface area contributed by atoms with Crippen LogP contribution in [-0.2, 0) is 10.0 Å². The maximum atomic E-state index is 11.8. The lowest BCUT2D eigenvalue weighted by Crippen LogP contribution is -2.63. The van der Waals surface area contributed by atoms with E-state index >= 15 is 0 Å². The molecule has 0 bridgehead atoms. The lowest BCUT2D eigenvalue weighted by molar-refractivity contribution is -0.0653. The van der Waals surface area contributed by atoms with Gasteiger partial charge in [-0.2, -0.15) is 4.31 Å². The van der Waals surface area contributed by atoms with Crippen LogP contribution in [0.3, 0.4) is 0 Å². The van der Waals surface area contributed by atoms with Gasteiger partial charge in [0.2, 0.25) is 10.0 Å². The lowest BCUT2D eigenvalue weighted by Gasteiger charge is -2.45. The number of hydrogen-bond acceptors (Lipinski definition) is 3. The van der Waals surface area contributed by atoms with E-state index in [1.807, 2.05) is 13.8 Å². The molecule has 1 aliphatic rings. The number of alkyl halides is 1. The van der Waals surface area contributed by atoms with Gasteiger partial charge in [0.05, 0.1) is 11.4 Å². The summed E-state index contributed by atoms with van der Waals surface area (Å²) in [7, 11) is -3.24. The molecule has 1 atom stereocenters. The first-order chi connectivity index (χ1) is 7.33. The number of β-amino-alcohol motifs (C(OH)–C–C–N with tert-alkyl or cyclic N) is 1. The van der Waals surface area contributed by atoms with Gasteiger partial charge in [0, 0.05) is 19.0 Å². The van der Waals surface area contributed by atoms with Crippen molar-refractivity contribution in [3.63, 3.8) is 0 Å². The van der Waals surface area contributed by atoms with Crippen LogP contribution >= 0.6 is 11.6 Å². The molecule has 1 rings (SSSR count). The van der Waals surface area contributed by atoms with Crippen LogP contribution in [0.1, 0.15) is 26.7 Å². The Morgan fingerprint density at radius 1 is 1.50 bits per heavy atom. The zero-order chi connectivity index (χ0) is 12.4. The highest BCUT2D eigenvalue weighted by molar-refractivity contribution is 7.89. The molecule has 1 heterocycles. The van der Waals surface area contributed by atoms with Crippen molar-refractivity contribution in [1.29, 1.82) is 0 Å². The topological polar surface area (TPSA) is 57.6 Å². The Bertz CT molecular complexity index is 325. The summed E-state index contributed by atoms with van der Waals surface area (Å²) in [5.41, 5.74) is -0.800. The molecule has 6 heteroatoms. The molecule has 1 saturated heterocycles. The average molecular weight is 270 g/mol. The number of rotatable bonds is 6. The lowest BCUT2D eigenvalue weighted by atomic mass is 9.92. The molecule has 0 aromatic heterocycles. The number of sulfonamides is 1. The average Bonchev–Trinajstić information content (AvgIpc) is 2.13. The van der Waals surface area contributed by atoms with Crippen LogP contribution in [0, 0.1) is 5.92 Å². The van der Waals surface area contributed by atoms with Gasteiger partial charge in [-0.25, -0.2) is 8.42 Å². The van der Waals surface area contributed by atoms with Gasteiger partial charge >= 0.3 is 0 Å². The summed E-state index contributed by atoms with van der Waals surface area (Å²) in [5.74, 6) is 0.358. The number of nitrogens with zero attached hydrogens (tertiary/aromatic N) is 1. The molecule has 0 saturated carbocycles. The Labute approximate surface area is 103 Å². The molecule has 0 radical (unpaired) electrons. The van der Waals surface area contributed by atoms with E-state index in [2.05, 4.69) is 0 Å². The minimum Gasteiger partial charge on any atom is -0.387 e. The molecule has 0 aliphatic carbocycles. The summed E-state index contributed by atoms with van der Waals surface area (Å²) in [6.45, 7) is 4.25. The normalized spacial score (nSPS) is 22.8. The molecule has 4 nitrogen and oxygen atoms in total. The Hall–Kier alpha value is 0.160. The van der Waals surface area contributed by atoms with Gasteiger partial charge in [-0.15, -0.1) is 11.6 Å². The highest BCUT2D eigenvalue weighted by Gasteiger charge is 2.45. The fourth-order valence-electron chi connectivity index (χ4n) is 1.94. The monoisotopic (exact) mass is 269 g/mol. The first kappa shape index (κ1) is 14.2. The van der Waals surface area contributed by atoms with Crippen LogP contribution in [0.25, 0.3) is 0 Å². The molecule has 1 unspecified atom stereocenters. The highest BCUT2D eigenvalue weighted by Crippen LogP contribution is 2.29. The van der Waals surface area contributed by atoms with E-state index in [1.54, 1.807) is 0 Å². The van der Waals surface area contributed by atoms with E-state index in [9.17, 15) is 13.5 Å². The van der Waals surface area contributed by atoms with Crippen molar-refractivity contribution in [2.75, 3.05) is 24.7 Å². The molecule has 1 fully saturated rings. The molecule has 96 valence electrons. The van der Waals surface area contributed by atoms with Crippen LogP contribution in [0.15, 0.2) is 0 Å². The summed E-state index contributed by atoms with van der Waals surface area (Å²) >= 11 is 5.60. The Kier molecular flexibility index (Phi) is 4.63. The van der Waals surface area contributed by atoms with Gasteiger partial charge in [0.25, 0.3) is 0 Å². The number of hydrogen-bond donors (Lipinski definition) is 1. The maximum Gasteiger partial charge on any atom is 0.214 e. The smallest absolute Gasteiger partial charge is 0.214 e. The van der Waals surface area contributed by atoms with E-state index in [0.717, 1.165) is 6.42 Å². The molecular formula is C10H20ClNO3S. The van der Waals surface area contributed by atoms with Crippen molar-refractivity contribution in [2.24, 2.45) is 5.92 Å². The summed E-state index contributed by atoms with van der Waals surface area (Å²) in [5, 5.41) is 9.90. The van der Waals surface area contributed by atoms with E-state index in [4.69, 9.17) is 11.6 Å². The summed E-state index contributed by atoms with van der Waals surface area (Å²) < 4.78 is 25.0. The zero-order valence-corrected chi connectivity index (χ0v) is 11.4. The van der Waals surface area contributed by atoms with Crippen molar-refractivity contribution in [3.8, 4) is 0 Å². The highest BCUT2D eigenvalue weighted by atomic mass is 35.5. The Balaban J connectivity index is 2.50. The fraction of sp³-hybridized carbons (Fsp3) is 1.00. The van der Waals surface area contributed by atoms with Crippen LogP contribution < -0.4 is 0 Å². The minimum absolute atomic E-state index is 0.0495. The van der Waals surface area contributed by atoms with E-state index in [1.165, 1.54) is 4.31 Å². The molecule has 1 aliphatic heterocycles. The van der Waals surface area contributed by atoms with E-state index < -0.39 is 15.6 Å². The predicted molar refractivity (Wildman–Crippen MR) is 65.1 cm³/mol. The van der Waals surface area contributed by atoms with Gasteiger partial charge in [-0.3, -0.25) is 0 Å². The number of halogens is 1. The predicted octanol–water partition coefficient (Wildman–Crippen LogP) is 1.04. The third-order valence-corrected chi connectivity index (χ3v) is 5.37. The SMILES string of the molecule is CCCC1(O)CN(S(=O)(=O)CC(C)CCl)C1. The molecule has 0 aromatic rings. The van der Waals surface area contributed by atoms with Crippen molar-refractivity contribution in [3.05, 3.63) is 0 Å². The van der Waals surface area contributed by atoms with Crippen molar-refractivity contribution < 1.29 is 13.5 Å². The van der Waals surface area contributed by atoms with Gasteiger partial charge in [0.15, 0.2) is 0 Å². The summed E-state index contributed by atoms with van der Waals surface area (Å²) in [6.07, 6.45) is 1.52. The second-order valence-corrected chi connectivity index (χ2v) is 7.10.